The van der Waals surface area contributed by atoms with Gasteiger partial charge >= 0.3 is 5.97 Å². The van der Waals surface area contributed by atoms with Crippen LogP contribution in [0.5, 0.6) is 0 Å². The van der Waals surface area contributed by atoms with Gasteiger partial charge in [-0.15, -0.1) is 22.7 Å². The average Bonchev–Trinajstić information content (AvgIpc) is 2.96. The van der Waals surface area contributed by atoms with Crippen LogP contribution >= 0.6 is 22.7 Å². The van der Waals surface area contributed by atoms with E-state index in [2.05, 4.69) is 15.3 Å². The number of rotatable bonds is 7. The Balaban J connectivity index is 1.55. The Bertz CT molecular complexity index is 809. The highest BCUT2D eigenvalue weighted by Crippen LogP contribution is 2.34. The van der Waals surface area contributed by atoms with Crippen LogP contribution in [0.2, 0.25) is 0 Å². The highest BCUT2D eigenvalue weighted by atomic mass is 32.1. The molecule has 126 valence electrons. The van der Waals surface area contributed by atoms with E-state index in [-0.39, 0.29) is 30.3 Å². The molecule has 0 unspecified atom stereocenters. The molecule has 1 aliphatic carbocycles. The molecule has 1 fully saturated rings. The largest absolute Gasteiger partial charge is 0.476 e. The maximum absolute atomic E-state index is 11.8. The molecule has 0 saturated heterocycles. The lowest BCUT2D eigenvalue weighted by Crippen LogP contribution is -2.37. The quantitative estimate of drug-likeness (QED) is 0.623. The van der Waals surface area contributed by atoms with Gasteiger partial charge in [0.05, 0.1) is 18.5 Å². The third-order valence-electron chi connectivity index (χ3n) is 3.60. The first-order valence-corrected chi connectivity index (χ1v) is 8.86. The first-order valence-electron chi connectivity index (χ1n) is 7.10. The number of amides is 1. The van der Waals surface area contributed by atoms with Gasteiger partial charge in [0.15, 0.2) is 11.5 Å². The SMILES string of the molecule is NC1(C(=O)CC(=O)NCc2nc(-c3nc(C(=O)O)cs3)cs2)CC1. The number of aromatic nitrogens is 2. The smallest absolute Gasteiger partial charge is 0.355 e. The third-order valence-corrected chi connectivity index (χ3v) is 5.31. The van der Waals surface area contributed by atoms with Gasteiger partial charge in [-0.05, 0) is 12.8 Å². The van der Waals surface area contributed by atoms with Crippen LogP contribution in [0, 0.1) is 0 Å². The Morgan fingerprint density at radius 3 is 2.62 bits per heavy atom. The maximum atomic E-state index is 11.8. The summed E-state index contributed by atoms with van der Waals surface area (Å²) < 4.78 is 0. The van der Waals surface area contributed by atoms with E-state index >= 15 is 0 Å². The van der Waals surface area contributed by atoms with Crippen molar-refractivity contribution >= 4 is 40.3 Å². The molecule has 0 aromatic carbocycles. The van der Waals surface area contributed by atoms with E-state index in [4.69, 9.17) is 10.8 Å². The van der Waals surface area contributed by atoms with Gasteiger partial charge in [-0.2, -0.15) is 0 Å². The number of carbonyl (C=O) groups is 3. The molecule has 2 aromatic heterocycles. The first kappa shape index (κ1) is 16.7. The van der Waals surface area contributed by atoms with Crippen molar-refractivity contribution in [2.45, 2.75) is 31.3 Å². The number of nitrogens with zero attached hydrogens (tertiary/aromatic N) is 2. The molecule has 24 heavy (non-hydrogen) atoms. The van der Waals surface area contributed by atoms with Crippen molar-refractivity contribution in [3.05, 3.63) is 21.5 Å². The van der Waals surface area contributed by atoms with Gasteiger partial charge in [-0.25, -0.2) is 14.8 Å². The van der Waals surface area contributed by atoms with Gasteiger partial charge in [0.2, 0.25) is 5.91 Å². The summed E-state index contributed by atoms with van der Waals surface area (Å²) in [5.41, 5.74) is 5.50. The number of carboxylic acid groups (broad SMARTS) is 1. The normalized spacial score (nSPS) is 15.0. The second-order valence-corrected chi connectivity index (χ2v) is 7.30. The lowest BCUT2D eigenvalue weighted by molar-refractivity contribution is -0.129. The van der Waals surface area contributed by atoms with Gasteiger partial charge < -0.3 is 16.2 Å². The molecular weight excluding hydrogens is 352 g/mol. The molecule has 0 bridgehead atoms. The van der Waals surface area contributed by atoms with Crippen molar-refractivity contribution < 1.29 is 19.5 Å². The summed E-state index contributed by atoms with van der Waals surface area (Å²) in [5.74, 6) is -1.70. The Kier molecular flexibility index (Phi) is 4.43. The molecule has 0 spiro atoms. The summed E-state index contributed by atoms with van der Waals surface area (Å²) in [7, 11) is 0. The van der Waals surface area contributed by atoms with E-state index in [0.29, 0.717) is 28.6 Å². The Labute approximate surface area is 144 Å². The Morgan fingerprint density at radius 1 is 1.25 bits per heavy atom. The van der Waals surface area contributed by atoms with E-state index < -0.39 is 11.5 Å². The van der Waals surface area contributed by atoms with Crippen molar-refractivity contribution in [3.63, 3.8) is 0 Å². The molecule has 1 amide bonds. The topological polar surface area (TPSA) is 135 Å². The number of ketones is 1. The average molecular weight is 366 g/mol. The lowest BCUT2D eigenvalue weighted by atomic mass is 10.1. The van der Waals surface area contributed by atoms with E-state index in [1.807, 2.05) is 0 Å². The highest BCUT2D eigenvalue weighted by molar-refractivity contribution is 7.14. The van der Waals surface area contributed by atoms with Crippen LogP contribution in [0.1, 0.15) is 34.8 Å². The monoisotopic (exact) mass is 366 g/mol. The Hall–Kier alpha value is -2.17. The zero-order valence-electron chi connectivity index (χ0n) is 12.4. The number of hydrogen-bond acceptors (Lipinski definition) is 8. The first-order chi connectivity index (χ1) is 11.4. The van der Waals surface area contributed by atoms with E-state index in [1.165, 1.54) is 28.1 Å². The predicted molar refractivity (Wildman–Crippen MR) is 87.8 cm³/mol. The van der Waals surface area contributed by atoms with E-state index in [1.54, 1.807) is 5.38 Å². The minimum absolute atomic E-state index is 0.0212. The van der Waals surface area contributed by atoms with E-state index in [0.717, 1.165) is 0 Å². The van der Waals surface area contributed by atoms with Gasteiger partial charge in [0.1, 0.15) is 15.7 Å². The summed E-state index contributed by atoms with van der Waals surface area (Å²) in [6, 6.07) is 0. The number of Topliss-reactive ketones (excluding diaryl/α,β-unsaturated/α-hetero) is 1. The number of carboxylic acids is 1. The van der Waals surface area contributed by atoms with E-state index in [9.17, 15) is 14.4 Å². The fourth-order valence-corrected chi connectivity index (χ4v) is 3.50. The second kappa shape index (κ2) is 6.38. The number of carbonyl (C=O) groups excluding carboxylic acids is 2. The van der Waals surface area contributed by atoms with Gasteiger partial charge in [-0.3, -0.25) is 9.59 Å². The number of nitrogens with two attached hydrogens (primary N) is 1. The fraction of sp³-hybridized carbons (Fsp3) is 0.357. The van der Waals surface area contributed by atoms with Gasteiger partial charge in [-0.1, -0.05) is 0 Å². The molecule has 3 rings (SSSR count). The zero-order valence-corrected chi connectivity index (χ0v) is 14.1. The van der Waals surface area contributed by atoms with Crippen molar-refractivity contribution in [3.8, 4) is 10.7 Å². The zero-order chi connectivity index (χ0) is 17.3. The van der Waals surface area contributed by atoms with Crippen molar-refractivity contribution in [1.82, 2.24) is 15.3 Å². The number of hydrogen-bond donors (Lipinski definition) is 3. The molecule has 1 saturated carbocycles. The lowest BCUT2D eigenvalue weighted by Gasteiger charge is -2.07. The minimum Gasteiger partial charge on any atom is -0.476 e. The van der Waals surface area contributed by atoms with Gasteiger partial charge in [0.25, 0.3) is 0 Å². The predicted octanol–water partition coefficient (Wildman–Crippen LogP) is 1.03. The van der Waals surface area contributed by atoms with Crippen LogP contribution in [0.4, 0.5) is 0 Å². The molecule has 4 N–H and O–H groups in total. The number of aromatic carboxylic acids is 1. The van der Waals surface area contributed by atoms with Crippen molar-refractivity contribution in [2.24, 2.45) is 5.73 Å². The summed E-state index contributed by atoms with van der Waals surface area (Å²) in [6.07, 6.45) is 1.06. The Morgan fingerprint density at radius 2 is 2.00 bits per heavy atom. The molecule has 0 radical (unpaired) electrons. The summed E-state index contributed by atoms with van der Waals surface area (Å²) in [4.78, 5) is 42.6. The summed E-state index contributed by atoms with van der Waals surface area (Å²) >= 11 is 2.52. The molecular formula is C14H14N4O4S2. The molecule has 0 aliphatic heterocycles. The van der Waals surface area contributed by atoms with Crippen LogP contribution in [-0.4, -0.2) is 38.3 Å². The standard InChI is InChI=1S/C14H14N4O4S2/c15-14(1-2-14)9(19)3-10(20)16-4-11-17-7(5-23-11)12-18-8(6-24-12)13(21)22/h5-6H,1-4,15H2,(H,16,20)(H,21,22). The van der Waals surface area contributed by atoms with Crippen LogP contribution in [0.25, 0.3) is 10.7 Å². The number of thiazole rings is 2. The third kappa shape index (κ3) is 3.66. The second-order valence-electron chi connectivity index (χ2n) is 5.50. The minimum atomic E-state index is -1.08. The van der Waals surface area contributed by atoms with Crippen molar-refractivity contribution in [1.29, 1.82) is 0 Å². The molecule has 2 aromatic rings. The molecule has 10 heteroatoms. The highest BCUT2D eigenvalue weighted by Gasteiger charge is 2.45. The molecule has 1 aliphatic rings. The summed E-state index contributed by atoms with van der Waals surface area (Å²) in [6.45, 7) is 0.200. The number of nitrogens with one attached hydrogen (secondary N) is 1. The van der Waals surface area contributed by atoms with Crippen LogP contribution in [0.15, 0.2) is 10.8 Å². The van der Waals surface area contributed by atoms with Crippen LogP contribution in [-0.2, 0) is 16.1 Å². The van der Waals surface area contributed by atoms with Crippen LogP contribution < -0.4 is 11.1 Å². The molecule has 0 atom stereocenters. The maximum Gasteiger partial charge on any atom is 0.355 e. The molecule has 2 heterocycles. The van der Waals surface area contributed by atoms with Crippen molar-refractivity contribution in [2.75, 3.05) is 0 Å². The molecule has 8 nitrogen and oxygen atoms in total. The fourth-order valence-electron chi connectivity index (χ4n) is 1.95. The van der Waals surface area contributed by atoms with Crippen LogP contribution in [0.3, 0.4) is 0 Å². The van der Waals surface area contributed by atoms with Gasteiger partial charge in [0, 0.05) is 10.8 Å². The summed E-state index contributed by atoms with van der Waals surface area (Å²) in [5, 5.41) is 15.9.